The number of hydrazine groups is 1. The second-order valence-corrected chi connectivity index (χ2v) is 5.18. The molecule has 0 aliphatic rings. The number of halogens is 3. The van der Waals surface area contributed by atoms with Crippen molar-refractivity contribution in [3.8, 4) is 5.75 Å². The number of hydrogen-bond acceptors (Lipinski definition) is 5. The average molecular weight is 369 g/mol. The van der Waals surface area contributed by atoms with Crippen LogP contribution in [0.4, 0.5) is 24.5 Å². The molecule has 0 heterocycles. The van der Waals surface area contributed by atoms with Crippen LogP contribution in [0.5, 0.6) is 5.75 Å². The molecule has 0 aliphatic carbocycles. The molecule has 2 aromatic rings. The standard InChI is InChI=1S/C16H14F3N3O4/c1-26-12-5-2-10(3-6-12)8-15(23)21-20-13-7-4-11(16(17,18)19)9-14(13)22(24)25/h2-7,9,20H,8H2,1H3,(H,21,23). The van der Waals surface area contributed by atoms with Crippen LogP contribution < -0.4 is 15.6 Å². The number of hydrogen-bond donors (Lipinski definition) is 2. The van der Waals surface area contributed by atoms with Gasteiger partial charge < -0.3 is 4.74 Å². The normalized spacial score (nSPS) is 10.9. The maximum absolute atomic E-state index is 12.7. The Kier molecular flexibility index (Phi) is 5.65. The summed E-state index contributed by atoms with van der Waals surface area (Å²) >= 11 is 0. The van der Waals surface area contributed by atoms with Gasteiger partial charge in [-0.15, -0.1) is 0 Å². The number of ether oxygens (including phenoxy) is 1. The van der Waals surface area contributed by atoms with E-state index >= 15 is 0 Å². The van der Waals surface area contributed by atoms with E-state index in [1.165, 1.54) is 7.11 Å². The maximum Gasteiger partial charge on any atom is 0.416 e. The Morgan fingerprint density at radius 1 is 1.19 bits per heavy atom. The van der Waals surface area contributed by atoms with E-state index in [1.807, 2.05) is 0 Å². The van der Waals surface area contributed by atoms with Gasteiger partial charge in [0.2, 0.25) is 5.91 Å². The molecule has 2 aromatic carbocycles. The number of nitrogens with zero attached hydrogens (tertiary/aromatic N) is 1. The lowest BCUT2D eigenvalue weighted by Gasteiger charge is -2.11. The fourth-order valence-electron chi connectivity index (χ4n) is 2.07. The molecule has 10 heteroatoms. The van der Waals surface area contributed by atoms with Crippen molar-refractivity contribution in [1.29, 1.82) is 0 Å². The van der Waals surface area contributed by atoms with Gasteiger partial charge in [0.25, 0.3) is 5.69 Å². The second-order valence-electron chi connectivity index (χ2n) is 5.18. The minimum Gasteiger partial charge on any atom is -0.497 e. The van der Waals surface area contributed by atoms with Gasteiger partial charge in [-0.2, -0.15) is 13.2 Å². The molecular weight excluding hydrogens is 355 g/mol. The van der Waals surface area contributed by atoms with Gasteiger partial charge in [0.1, 0.15) is 11.4 Å². The van der Waals surface area contributed by atoms with Crippen LogP contribution in [0, 0.1) is 10.1 Å². The molecule has 0 aliphatic heterocycles. The quantitative estimate of drug-likeness (QED) is 0.602. The van der Waals surface area contributed by atoms with E-state index in [1.54, 1.807) is 24.3 Å². The number of carbonyl (C=O) groups is 1. The van der Waals surface area contributed by atoms with Gasteiger partial charge in [-0.3, -0.25) is 25.8 Å². The van der Waals surface area contributed by atoms with Crippen LogP contribution in [0.3, 0.4) is 0 Å². The molecule has 0 unspecified atom stereocenters. The largest absolute Gasteiger partial charge is 0.497 e. The van der Waals surface area contributed by atoms with E-state index in [-0.39, 0.29) is 12.1 Å². The van der Waals surface area contributed by atoms with Crippen molar-refractivity contribution in [3.05, 3.63) is 63.7 Å². The lowest BCUT2D eigenvalue weighted by molar-refractivity contribution is -0.384. The highest BCUT2D eigenvalue weighted by Gasteiger charge is 2.33. The van der Waals surface area contributed by atoms with Crippen molar-refractivity contribution in [2.45, 2.75) is 12.6 Å². The summed E-state index contributed by atoms with van der Waals surface area (Å²) in [4.78, 5) is 21.9. The van der Waals surface area contributed by atoms with E-state index in [9.17, 15) is 28.1 Å². The molecule has 0 radical (unpaired) electrons. The van der Waals surface area contributed by atoms with E-state index in [4.69, 9.17) is 4.74 Å². The SMILES string of the molecule is COc1ccc(CC(=O)NNc2ccc(C(F)(F)F)cc2[N+](=O)[O-])cc1. The Bertz CT molecular complexity index is 807. The van der Waals surface area contributed by atoms with Crippen LogP contribution >= 0.6 is 0 Å². The van der Waals surface area contributed by atoms with Gasteiger partial charge >= 0.3 is 6.18 Å². The zero-order valence-electron chi connectivity index (χ0n) is 13.5. The minimum atomic E-state index is -4.71. The van der Waals surface area contributed by atoms with E-state index in [0.717, 1.165) is 6.07 Å². The molecule has 0 atom stereocenters. The number of amides is 1. The molecule has 0 fully saturated rings. The van der Waals surface area contributed by atoms with Crippen molar-refractivity contribution < 1.29 is 27.6 Å². The molecule has 0 aromatic heterocycles. The van der Waals surface area contributed by atoms with Crippen molar-refractivity contribution in [2.24, 2.45) is 0 Å². The Hall–Kier alpha value is -3.30. The predicted molar refractivity (Wildman–Crippen MR) is 86.6 cm³/mol. The van der Waals surface area contributed by atoms with E-state index in [0.29, 0.717) is 23.4 Å². The lowest BCUT2D eigenvalue weighted by Crippen LogP contribution is -2.31. The Balaban J connectivity index is 2.05. The Morgan fingerprint density at radius 3 is 2.38 bits per heavy atom. The van der Waals surface area contributed by atoms with Crippen molar-refractivity contribution >= 4 is 17.3 Å². The highest BCUT2D eigenvalue weighted by Crippen LogP contribution is 2.34. The predicted octanol–water partition coefficient (Wildman–Crippen LogP) is 3.31. The van der Waals surface area contributed by atoms with Crippen molar-refractivity contribution in [1.82, 2.24) is 5.43 Å². The van der Waals surface area contributed by atoms with Gasteiger partial charge in [-0.25, -0.2) is 0 Å². The number of methoxy groups -OCH3 is 1. The fraction of sp³-hybridized carbons (Fsp3) is 0.188. The van der Waals surface area contributed by atoms with Crippen molar-refractivity contribution in [2.75, 3.05) is 12.5 Å². The number of rotatable bonds is 6. The third kappa shape index (κ3) is 4.85. The van der Waals surface area contributed by atoms with Gasteiger partial charge in [0.15, 0.2) is 0 Å². The summed E-state index contributed by atoms with van der Waals surface area (Å²) in [6.45, 7) is 0. The molecule has 7 nitrogen and oxygen atoms in total. The topological polar surface area (TPSA) is 93.5 Å². The lowest BCUT2D eigenvalue weighted by atomic mass is 10.1. The van der Waals surface area contributed by atoms with Gasteiger partial charge in [-0.1, -0.05) is 12.1 Å². The van der Waals surface area contributed by atoms with Crippen LogP contribution in [-0.2, 0) is 17.4 Å². The zero-order valence-corrected chi connectivity index (χ0v) is 13.5. The minimum absolute atomic E-state index is 0.0363. The fourth-order valence-corrected chi connectivity index (χ4v) is 2.07. The smallest absolute Gasteiger partial charge is 0.416 e. The number of alkyl halides is 3. The molecule has 138 valence electrons. The van der Waals surface area contributed by atoms with E-state index < -0.39 is 28.3 Å². The summed E-state index contributed by atoms with van der Waals surface area (Å²) in [5.41, 5.74) is 2.95. The molecule has 0 bridgehead atoms. The number of anilines is 1. The highest BCUT2D eigenvalue weighted by atomic mass is 19.4. The molecular formula is C16H14F3N3O4. The molecule has 0 saturated heterocycles. The number of nitrogens with one attached hydrogen (secondary N) is 2. The van der Waals surface area contributed by atoms with Gasteiger partial charge in [-0.05, 0) is 29.8 Å². The third-order valence-electron chi connectivity index (χ3n) is 3.38. The Labute approximate surface area is 145 Å². The maximum atomic E-state index is 12.7. The van der Waals surface area contributed by atoms with Crippen LogP contribution in [0.2, 0.25) is 0 Å². The zero-order chi connectivity index (χ0) is 19.3. The second kappa shape index (κ2) is 7.72. The Morgan fingerprint density at radius 2 is 1.85 bits per heavy atom. The summed E-state index contributed by atoms with van der Waals surface area (Å²) in [6.07, 6.45) is -4.74. The van der Waals surface area contributed by atoms with Crippen LogP contribution in [-0.4, -0.2) is 17.9 Å². The first-order chi connectivity index (χ1) is 12.2. The molecule has 0 spiro atoms. The van der Waals surface area contributed by atoms with Gasteiger partial charge in [0, 0.05) is 6.07 Å². The van der Waals surface area contributed by atoms with E-state index in [2.05, 4.69) is 10.9 Å². The van der Waals surface area contributed by atoms with Crippen LogP contribution in [0.25, 0.3) is 0 Å². The molecule has 1 amide bonds. The number of benzene rings is 2. The molecule has 2 rings (SSSR count). The van der Waals surface area contributed by atoms with Crippen LogP contribution in [0.15, 0.2) is 42.5 Å². The summed E-state index contributed by atoms with van der Waals surface area (Å²) in [5.74, 6) is 0.0945. The first-order valence-corrected chi connectivity index (χ1v) is 7.24. The summed E-state index contributed by atoms with van der Waals surface area (Å²) in [7, 11) is 1.50. The third-order valence-corrected chi connectivity index (χ3v) is 3.38. The van der Waals surface area contributed by atoms with Crippen LogP contribution in [0.1, 0.15) is 11.1 Å². The first-order valence-electron chi connectivity index (χ1n) is 7.24. The summed E-state index contributed by atoms with van der Waals surface area (Å²) in [6, 6.07) is 8.63. The number of nitro benzene ring substituents is 1. The monoisotopic (exact) mass is 369 g/mol. The van der Waals surface area contributed by atoms with Gasteiger partial charge in [0.05, 0.1) is 24.0 Å². The molecule has 2 N–H and O–H groups in total. The number of nitro groups is 1. The molecule has 26 heavy (non-hydrogen) atoms. The number of carbonyl (C=O) groups excluding carboxylic acids is 1. The summed E-state index contributed by atoms with van der Waals surface area (Å²) in [5, 5.41) is 11.0. The summed E-state index contributed by atoms with van der Waals surface area (Å²) < 4.78 is 42.9. The first kappa shape index (κ1) is 19.0. The van der Waals surface area contributed by atoms with Crippen molar-refractivity contribution in [3.63, 3.8) is 0 Å². The highest BCUT2D eigenvalue weighted by molar-refractivity contribution is 5.80. The average Bonchev–Trinajstić information content (AvgIpc) is 2.59. The molecule has 0 saturated carbocycles.